The average molecular weight is 222 g/mol. The Morgan fingerprint density at radius 1 is 1.38 bits per heavy atom. The molecule has 0 aromatic heterocycles. The molecule has 0 aliphatic rings. The maximum absolute atomic E-state index is 10.8. The standard InChI is InChI=1S/C13H18O3/c1-3-11(13(14)15)7-4-10-5-8-12(16-2)9-6-10/h5-6,8-9,11H,3-4,7H2,1-2H3,(H,14,15). The van der Waals surface area contributed by atoms with E-state index in [4.69, 9.17) is 9.84 Å². The van der Waals surface area contributed by atoms with Gasteiger partial charge in [-0.25, -0.2) is 0 Å². The van der Waals surface area contributed by atoms with Gasteiger partial charge >= 0.3 is 5.97 Å². The predicted octanol–water partition coefficient (Wildman–Crippen LogP) is 2.74. The number of aryl methyl sites for hydroxylation is 1. The maximum atomic E-state index is 10.8. The van der Waals surface area contributed by atoms with Gasteiger partial charge in [-0.3, -0.25) is 4.79 Å². The van der Waals surface area contributed by atoms with Crippen LogP contribution in [0.15, 0.2) is 24.3 Å². The fourth-order valence-corrected chi connectivity index (χ4v) is 1.64. The molecular formula is C13H18O3. The Kier molecular flexibility index (Phi) is 4.83. The van der Waals surface area contributed by atoms with Gasteiger partial charge in [0.15, 0.2) is 0 Å². The van der Waals surface area contributed by atoms with E-state index < -0.39 is 5.97 Å². The summed E-state index contributed by atoms with van der Waals surface area (Å²) < 4.78 is 5.06. The summed E-state index contributed by atoms with van der Waals surface area (Å²) in [6.45, 7) is 1.91. The molecule has 1 aromatic rings. The van der Waals surface area contributed by atoms with Crippen molar-refractivity contribution in [3.05, 3.63) is 29.8 Å². The first-order chi connectivity index (χ1) is 7.67. The third kappa shape index (κ3) is 3.57. The topological polar surface area (TPSA) is 46.5 Å². The molecule has 0 heterocycles. The van der Waals surface area contributed by atoms with Crippen molar-refractivity contribution in [2.24, 2.45) is 5.92 Å². The molecule has 0 bridgehead atoms. The van der Waals surface area contributed by atoms with Crippen molar-refractivity contribution >= 4 is 5.97 Å². The highest BCUT2D eigenvalue weighted by molar-refractivity contribution is 5.69. The van der Waals surface area contributed by atoms with E-state index in [2.05, 4.69) is 0 Å². The van der Waals surface area contributed by atoms with Crippen molar-refractivity contribution in [3.63, 3.8) is 0 Å². The molecule has 1 N–H and O–H groups in total. The van der Waals surface area contributed by atoms with Crippen LogP contribution in [0, 0.1) is 5.92 Å². The summed E-state index contributed by atoms with van der Waals surface area (Å²) in [4.78, 5) is 10.8. The number of aliphatic carboxylic acids is 1. The summed E-state index contributed by atoms with van der Waals surface area (Å²) in [6, 6.07) is 7.76. The largest absolute Gasteiger partial charge is 0.497 e. The molecule has 0 spiro atoms. The summed E-state index contributed by atoms with van der Waals surface area (Å²) in [7, 11) is 1.63. The molecule has 0 saturated carbocycles. The van der Waals surface area contributed by atoms with Crippen LogP contribution in [0.1, 0.15) is 25.3 Å². The zero-order valence-corrected chi connectivity index (χ0v) is 9.77. The lowest BCUT2D eigenvalue weighted by molar-refractivity contribution is -0.142. The van der Waals surface area contributed by atoms with Gasteiger partial charge in [0, 0.05) is 0 Å². The Labute approximate surface area is 96.1 Å². The monoisotopic (exact) mass is 222 g/mol. The Morgan fingerprint density at radius 2 is 2.00 bits per heavy atom. The molecule has 3 nitrogen and oxygen atoms in total. The van der Waals surface area contributed by atoms with Crippen LogP contribution in [0.3, 0.4) is 0 Å². The molecule has 88 valence electrons. The second-order valence-electron chi connectivity index (χ2n) is 3.83. The van der Waals surface area contributed by atoms with Gasteiger partial charge in [0.05, 0.1) is 13.0 Å². The van der Waals surface area contributed by atoms with Crippen molar-refractivity contribution < 1.29 is 14.6 Å². The second kappa shape index (κ2) is 6.16. The van der Waals surface area contributed by atoms with Gasteiger partial charge in [0.2, 0.25) is 0 Å². The molecule has 0 fully saturated rings. The molecule has 16 heavy (non-hydrogen) atoms. The zero-order valence-electron chi connectivity index (χ0n) is 9.77. The number of carboxylic acids is 1. The molecule has 0 aliphatic heterocycles. The number of carboxylic acid groups (broad SMARTS) is 1. The van der Waals surface area contributed by atoms with Crippen LogP contribution in [0.4, 0.5) is 0 Å². The van der Waals surface area contributed by atoms with E-state index in [-0.39, 0.29) is 5.92 Å². The first-order valence-corrected chi connectivity index (χ1v) is 5.53. The van der Waals surface area contributed by atoms with Gasteiger partial charge in [-0.05, 0) is 37.0 Å². The van der Waals surface area contributed by atoms with Crippen LogP contribution in [-0.2, 0) is 11.2 Å². The minimum Gasteiger partial charge on any atom is -0.497 e. The van der Waals surface area contributed by atoms with E-state index in [9.17, 15) is 4.79 Å². The summed E-state index contributed by atoms with van der Waals surface area (Å²) in [5.74, 6) is -0.105. The lowest BCUT2D eigenvalue weighted by Gasteiger charge is -2.09. The Bertz CT molecular complexity index is 330. The maximum Gasteiger partial charge on any atom is 0.306 e. The molecule has 1 aromatic carbocycles. The molecule has 0 amide bonds. The molecule has 1 unspecified atom stereocenters. The SMILES string of the molecule is CCC(CCc1ccc(OC)cc1)C(=O)O. The van der Waals surface area contributed by atoms with Gasteiger partial charge in [-0.2, -0.15) is 0 Å². The lowest BCUT2D eigenvalue weighted by atomic mass is 9.97. The Balaban J connectivity index is 2.50. The van der Waals surface area contributed by atoms with Gasteiger partial charge in [0.1, 0.15) is 5.75 Å². The number of carbonyl (C=O) groups is 1. The van der Waals surface area contributed by atoms with E-state index in [0.29, 0.717) is 12.8 Å². The second-order valence-corrected chi connectivity index (χ2v) is 3.83. The van der Waals surface area contributed by atoms with Crippen molar-refractivity contribution in [2.45, 2.75) is 26.2 Å². The van der Waals surface area contributed by atoms with Crippen LogP contribution >= 0.6 is 0 Å². The number of benzene rings is 1. The molecule has 1 atom stereocenters. The number of methoxy groups -OCH3 is 1. The van der Waals surface area contributed by atoms with E-state index in [1.807, 2.05) is 31.2 Å². The highest BCUT2D eigenvalue weighted by Crippen LogP contribution is 2.16. The normalized spacial score (nSPS) is 12.1. The fraction of sp³-hybridized carbons (Fsp3) is 0.462. The molecule has 1 rings (SSSR count). The van der Waals surface area contributed by atoms with Crippen LogP contribution < -0.4 is 4.74 Å². The number of hydrogen-bond donors (Lipinski definition) is 1. The molecule has 0 radical (unpaired) electrons. The highest BCUT2D eigenvalue weighted by atomic mass is 16.5. The summed E-state index contributed by atoms with van der Waals surface area (Å²) in [5, 5.41) is 8.91. The summed E-state index contributed by atoms with van der Waals surface area (Å²) in [5.41, 5.74) is 1.15. The van der Waals surface area contributed by atoms with Crippen LogP contribution in [-0.4, -0.2) is 18.2 Å². The quantitative estimate of drug-likeness (QED) is 0.805. The van der Waals surface area contributed by atoms with Gasteiger partial charge in [-0.15, -0.1) is 0 Å². The minimum atomic E-state index is -0.698. The van der Waals surface area contributed by atoms with Crippen LogP contribution in [0.5, 0.6) is 5.75 Å². The minimum absolute atomic E-state index is 0.234. The van der Waals surface area contributed by atoms with Crippen LogP contribution in [0.25, 0.3) is 0 Å². The van der Waals surface area contributed by atoms with E-state index in [1.54, 1.807) is 7.11 Å². The van der Waals surface area contributed by atoms with Gasteiger partial charge < -0.3 is 9.84 Å². The number of rotatable bonds is 6. The predicted molar refractivity (Wildman–Crippen MR) is 62.7 cm³/mol. The molecule has 3 heteroatoms. The molecule has 0 aliphatic carbocycles. The van der Waals surface area contributed by atoms with Gasteiger partial charge in [0.25, 0.3) is 0 Å². The molecular weight excluding hydrogens is 204 g/mol. The van der Waals surface area contributed by atoms with Crippen LogP contribution in [0.2, 0.25) is 0 Å². The number of hydrogen-bond acceptors (Lipinski definition) is 2. The highest BCUT2D eigenvalue weighted by Gasteiger charge is 2.14. The van der Waals surface area contributed by atoms with E-state index >= 15 is 0 Å². The third-order valence-corrected chi connectivity index (χ3v) is 2.78. The average Bonchev–Trinajstić information content (AvgIpc) is 2.30. The van der Waals surface area contributed by atoms with Crippen molar-refractivity contribution in [1.82, 2.24) is 0 Å². The van der Waals surface area contributed by atoms with Crippen molar-refractivity contribution in [2.75, 3.05) is 7.11 Å². The third-order valence-electron chi connectivity index (χ3n) is 2.78. The Hall–Kier alpha value is -1.51. The fourth-order valence-electron chi connectivity index (χ4n) is 1.64. The van der Waals surface area contributed by atoms with Crippen molar-refractivity contribution in [1.29, 1.82) is 0 Å². The summed E-state index contributed by atoms with van der Waals surface area (Å²) >= 11 is 0. The smallest absolute Gasteiger partial charge is 0.306 e. The molecule has 0 saturated heterocycles. The number of ether oxygens (including phenoxy) is 1. The summed E-state index contributed by atoms with van der Waals surface area (Å²) in [6.07, 6.45) is 2.18. The Morgan fingerprint density at radius 3 is 2.44 bits per heavy atom. The van der Waals surface area contributed by atoms with Gasteiger partial charge in [-0.1, -0.05) is 19.1 Å². The first kappa shape index (κ1) is 12.6. The van der Waals surface area contributed by atoms with E-state index in [1.165, 1.54) is 0 Å². The lowest BCUT2D eigenvalue weighted by Crippen LogP contribution is -2.13. The first-order valence-electron chi connectivity index (χ1n) is 5.53. The van der Waals surface area contributed by atoms with Crippen molar-refractivity contribution in [3.8, 4) is 5.75 Å². The zero-order chi connectivity index (χ0) is 12.0. The van der Waals surface area contributed by atoms with E-state index in [0.717, 1.165) is 17.7 Å².